The first-order valence-electron chi connectivity index (χ1n) is 15.8. The highest BCUT2D eigenvalue weighted by molar-refractivity contribution is 8.04. The molecule has 2 aromatic carbocycles. The van der Waals surface area contributed by atoms with E-state index in [-0.39, 0.29) is 52.2 Å². The number of anilines is 1. The molecule has 0 radical (unpaired) electrons. The molecule has 0 bridgehead atoms. The molecule has 4 heterocycles. The van der Waals surface area contributed by atoms with Gasteiger partial charge < -0.3 is 25.6 Å². The number of hydrogen-bond donors (Lipinski definition) is 3. The lowest BCUT2D eigenvalue weighted by atomic mass is 9.86. The van der Waals surface area contributed by atoms with Gasteiger partial charge in [0.15, 0.2) is 0 Å². The molecule has 46 heavy (non-hydrogen) atoms. The number of nitriles is 1. The largest absolute Gasteiger partial charge is 0.457 e. The molecular formula is C35H40N6O4S. The number of carbonyl (C=O) groups is 3. The molecule has 0 aromatic heterocycles. The lowest BCUT2D eigenvalue weighted by Crippen LogP contribution is -2.62. The fraction of sp³-hybridized carbons (Fsp3) is 0.429. The molecule has 3 unspecified atom stereocenters. The molecule has 6 rings (SSSR count). The standard InChI is InChI=1S/C35H40N6O4S/c1-21-17-25(45-24-10-6-5-7-11-24)12-13-26(21)41-27-14-15-37-32-28(27)29(39-34(41)44)30(46-32)31(42)38-23-9-8-16-40(20-23)33(43)22(19-36)18-35(2,3)4/h5-7,10-13,17-18,23,27-28,32,37H,8-9,14-16,20H2,1-4H3,(H,38,42)(H,39,44)/b22-18+/t23-,27?,28?,32?/m1/s1. The average molecular weight is 641 g/mol. The molecule has 0 spiro atoms. The Labute approximate surface area is 274 Å². The van der Waals surface area contributed by atoms with E-state index in [9.17, 15) is 19.6 Å². The van der Waals surface area contributed by atoms with Crippen molar-refractivity contribution in [2.45, 2.75) is 64.4 Å². The number of piperidine rings is 2. The van der Waals surface area contributed by atoms with E-state index in [0.29, 0.717) is 29.4 Å². The first-order valence-corrected chi connectivity index (χ1v) is 16.7. The van der Waals surface area contributed by atoms with E-state index in [1.807, 2.05) is 81.1 Å². The molecular weight excluding hydrogens is 600 g/mol. The van der Waals surface area contributed by atoms with E-state index in [1.54, 1.807) is 11.0 Å². The Morgan fingerprint density at radius 2 is 1.91 bits per heavy atom. The van der Waals surface area contributed by atoms with Crippen LogP contribution in [0.1, 0.15) is 45.6 Å². The van der Waals surface area contributed by atoms with Crippen molar-refractivity contribution < 1.29 is 19.1 Å². The van der Waals surface area contributed by atoms with Crippen LogP contribution in [0.2, 0.25) is 0 Å². The molecule has 4 aliphatic heterocycles. The monoisotopic (exact) mass is 640 g/mol. The van der Waals surface area contributed by atoms with Crippen LogP contribution in [0.3, 0.4) is 0 Å². The Balaban J connectivity index is 1.18. The zero-order valence-electron chi connectivity index (χ0n) is 26.6. The molecule has 4 atom stereocenters. The van der Waals surface area contributed by atoms with Crippen LogP contribution in [0, 0.1) is 29.6 Å². The van der Waals surface area contributed by atoms with Crippen LogP contribution in [-0.4, -0.2) is 59.8 Å². The number of benzene rings is 2. The first-order chi connectivity index (χ1) is 22.0. The summed E-state index contributed by atoms with van der Waals surface area (Å²) in [5, 5.41) is 19.3. The van der Waals surface area contributed by atoms with Crippen molar-refractivity contribution in [1.82, 2.24) is 20.9 Å². The zero-order valence-corrected chi connectivity index (χ0v) is 27.4. The van der Waals surface area contributed by atoms with Crippen molar-refractivity contribution in [3.8, 4) is 17.6 Å². The van der Waals surface area contributed by atoms with Gasteiger partial charge in [0.1, 0.15) is 23.1 Å². The van der Waals surface area contributed by atoms with Crippen LogP contribution in [-0.2, 0) is 9.59 Å². The first kappa shape index (κ1) is 31.7. The van der Waals surface area contributed by atoms with Crippen LogP contribution in [0.5, 0.6) is 11.5 Å². The van der Waals surface area contributed by atoms with Crippen LogP contribution in [0.4, 0.5) is 10.5 Å². The Morgan fingerprint density at radius 1 is 1.13 bits per heavy atom. The minimum atomic E-state index is -0.306. The van der Waals surface area contributed by atoms with E-state index < -0.39 is 0 Å². The van der Waals surface area contributed by atoms with Gasteiger partial charge in [0.2, 0.25) is 0 Å². The predicted molar refractivity (Wildman–Crippen MR) is 178 cm³/mol. The molecule has 240 valence electrons. The highest BCUT2D eigenvalue weighted by Gasteiger charge is 2.52. The lowest BCUT2D eigenvalue weighted by molar-refractivity contribution is -0.129. The summed E-state index contributed by atoms with van der Waals surface area (Å²) in [6, 6.07) is 16.8. The number of allylic oxidation sites excluding steroid dienone is 1. The lowest BCUT2D eigenvalue weighted by Gasteiger charge is -2.46. The normalized spacial score (nSPS) is 24.6. The maximum atomic E-state index is 13.7. The summed E-state index contributed by atoms with van der Waals surface area (Å²) in [5.41, 5.74) is 2.22. The number of nitrogens with one attached hydrogen (secondary N) is 3. The van der Waals surface area contributed by atoms with Crippen molar-refractivity contribution in [3.63, 3.8) is 0 Å². The summed E-state index contributed by atoms with van der Waals surface area (Å²) in [5.74, 6) is 0.809. The Morgan fingerprint density at radius 3 is 2.63 bits per heavy atom. The van der Waals surface area contributed by atoms with Gasteiger partial charge in [-0.1, -0.05) is 56.8 Å². The van der Waals surface area contributed by atoms with E-state index in [2.05, 4.69) is 22.0 Å². The van der Waals surface area contributed by atoms with E-state index in [1.165, 1.54) is 11.8 Å². The number of likely N-dealkylation sites (tertiary alicyclic amines) is 1. The number of hydrogen-bond acceptors (Lipinski definition) is 7. The van der Waals surface area contributed by atoms with Crippen molar-refractivity contribution >= 4 is 35.3 Å². The number of thioether (sulfide) groups is 1. The number of aryl methyl sites for hydroxylation is 1. The van der Waals surface area contributed by atoms with Gasteiger partial charge in [0.25, 0.3) is 11.8 Å². The average Bonchev–Trinajstić information content (AvgIpc) is 3.40. The van der Waals surface area contributed by atoms with Gasteiger partial charge in [0, 0.05) is 36.4 Å². The molecule has 11 heteroatoms. The second-order valence-corrected chi connectivity index (χ2v) is 14.5. The summed E-state index contributed by atoms with van der Waals surface area (Å²) in [6.07, 6.45) is 3.90. The van der Waals surface area contributed by atoms with Crippen molar-refractivity contribution in [2.75, 3.05) is 24.5 Å². The van der Waals surface area contributed by atoms with Gasteiger partial charge in [0.05, 0.1) is 16.3 Å². The smallest absolute Gasteiger partial charge is 0.326 e. The number of ether oxygens (including phenoxy) is 1. The minimum Gasteiger partial charge on any atom is -0.457 e. The Bertz CT molecular complexity index is 1640. The number of nitrogens with zero attached hydrogens (tertiary/aromatic N) is 3. The van der Waals surface area contributed by atoms with Crippen molar-refractivity contribution in [2.24, 2.45) is 11.3 Å². The number of rotatable bonds is 6. The number of amides is 4. The van der Waals surface area contributed by atoms with E-state index in [4.69, 9.17) is 4.74 Å². The Hall–Kier alpha value is -4.27. The fourth-order valence-electron chi connectivity index (χ4n) is 6.76. The maximum Gasteiger partial charge on any atom is 0.326 e. The summed E-state index contributed by atoms with van der Waals surface area (Å²) < 4.78 is 6.01. The third-order valence-electron chi connectivity index (χ3n) is 8.73. The SMILES string of the molecule is Cc1cc(Oc2ccccc2)ccc1N1C(=O)NC2=C(C(=O)N[C@@H]3CCCN(C(=O)/C(C#N)=C/C(C)(C)C)C3)SC3NCCC1C23. The minimum absolute atomic E-state index is 0.0521. The summed E-state index contributed by atoms with van der Waals surface area (Å²) in [7, 11) is 0. The van der Waals surface area contributed by atoms with E-state index >= 15 is 0 Å². The summed E-state index contributed by atoms with van der Waals surface area (Å²) in [4.78, 5) is 44.7. The molecule has 0 saturated carbocycles. The van der Waals surface area contributed by atoms with Gasteiger partial charge >= 0.3 is 6.03 Å². The van der Waals surface area contributed by atoms with E-state index in [0.717, 1.165) is 42.8 Å². The fourth-order valence-corrected chi connectivity index (χ4v) is 8.16. The van der Waals surface area contributed by atoms with Gasteiger partial charge in [-0.05, 0) is 74.0 Å². The summed E-state index contributed by atoms with van der Waals surface area (Å²) in [6.45, 7) is 9.42. The number of carbonyl (C=O) groups excluding carboxylic acids is 3. The quantitative estimate of drug-likeness (QED) is 0.293. The van der Waals surface area contributed by atoms with Crippen LogP contribution >= 0.6 is 11.8 Å². The highest BCUT2D eigenvalue weighted by atomic mass is 32.2. The van der Waals surface area contributed by atoms with Crippen molar-refractivity contribution in [3.05, 3.63) is 76.3 Å². The van der Waals surface area contributed by atoms with Crippen molar-refractivity contribution in [1.29, 1.82) is 5.26 Å². The Kier molecular flexibility index (Phi) is 8.86. The zero-order chi connectivity index (χ0) is 32.6. The van der Waals surface area contributed by atoms with Gasteiger partial charge in [-0.15, -0.1) is 0 Å². The highest BCUT2D eigenvalue weighted by Crippen LogP contribution is 2.48. The molecule has 2 aromatic rings. The number of para-hydroxylation sites is 1. The molecule has 4 amide bonds. The van der Waals surface area contributed by atoms with Crippen LogP contribution in [0.15, 0.2) is 70.8 Å². The predicted octanol–water partition coefficient (Wildman–Crippen LogP) is 5.18. The molecule has 3 N–H and O–H groups in total. The molecule has 3 saturated heterocycles. The van der Waals surface area contributed by atoms with Gasteiger partial charge in [-0.2, -0.15) is 5.26 Å². The second-order valence-electron chi connectivity index (χ2n) is 13.4. The molecule has 3 fully saturated rings. The molecule has 10 nitrogen and oxygen atoms in total. The van der Waals surface area contributed by atoms with Gasteiger partial charge in [-0.25, -0.2) is 4.79 Å². The van der Waals surface area contributed by atoms with Gasteiger partial charge in [-0.3, -0.25) is 14.5 Å². The molecule has 4 aliphatic rings. The maximum absolute atomic E-state index is 13.7. The van der Waals surface area contributed by atoms with Crippen LogP contribution in [0.25, 0.3) is 0 Å². The molecule has 0 aliphatic carbocycles. The third kappa shape index (κ3) is 6.50. The number of urea groups is 1. The summed E-state index contributed by atoms with van der Waals surface area (Å²) >= 11 is 1.46. The second kappa shape index (κ2) is 12.9. The topological polar surface area (TPSA) is 127 Å². The third-order valence-corrected chi connectivity index (χ3v) is 10.1. The van der Waals surface area contributed by atoms with Crippen LogP contribution < -0.4 is 25.6 Å².